The maximum atomic E-state index is 12.7. The first-order chi connectivity index (χ1) is 11.5. The predicted octanol–water partition coefficient (Wildman–Crippen LogP) is 0.864. The van der Waals surface area contributed by atoms with Crippen LogP contribution in [0.25, 0.3) is 0 Å². The van der Waals surface area contributed by atoms with Gasteiger partial charge in [-0.1, -0.05) is 0 Å². The summed E-state index contributed by atoms with van der Waals surface area (Å²) in [6.07, 6.45) is 6.30. The number of anilines is 1. The van der Waals surface area contributed by atoms with Gasteiger partial charge in [0.05, 0.1) is 24.9 Å². The summed E-state index contributed by atoms with van der Waals surface area (Å²) in [5.41, 5.74) is 0. The van der Waals surface area contributed by atoms with E-state index in [1.54, 1.807) is 12.4 Å². The van der Waals surface area contributed by atoms with Gasteiger partial charge in [-0.25, -0.2) is 0 Å². The van der Waals surface area contributed by atoms with Crippen LogP contribution in [0.4, 0.5) is 5.82 Å². The minimum Gasteiger partial charge on any atom is -0.471 e. The van der Waals surface area contributed by atoms with Crippen LogP contribution in [-0.2, 0) is 4.79 Å². The van der Waals surface area contributed by atoms with Crippen LogP contribution in [0, 0.1) is 5.92 Å². The zero-order valence-corrected chi connectivity index (χ0v) is 14.8. The van der Waals surface area contributed by atoms with E-state index in [9.17, 15) is 4.79 Å². The molecule has 1 aromatic rings. The monoisotopic (exact) mass is 333 g/mol. The minimum atomic E-state index is 0.00184. The molecule has 24 heavy (non-hydrogen) atoms. The molecule has 3 heterocycles. The van der Waals surface area contributed by atoms with Crippen LogP contribution < -0.4 is 9.64 Å². The molecule has 0 aromatic carbocycles. The van der Waals surface area contributed by atoms with Crippen molar-refractivity contribution in [2.45, 2.75) is 25.4 Å². The highest BCUT2D eigenvalue weighted by molar-refractivity contribution is 5.79. The van der Waals surface area contributed by atoms with Gasteiger partial charge in [-0.3, -0.25) is 9.78 Å². The summed E-state index contributed by atoms with van der Waals surface area (Å²) in [6, 6.07) is 0. The third-order valence-electron chi connectivity index (χ3n) is 4.78. The molecular formula is C17H27N5O2. The fourth-order valence-electron chi connectivity index (χ4n) is 3.43. The number of hydrogen-bond donors (Lipinski definition) is 0. The van der Waals surface area contributed by atoms with E-state index in [2.05, 4.69) is 21.9 Å². The Morgan fingerprint density at radius 3 is 2.83 bits per heavy atom. The summed E-state index contributed by atoms with van der Waals surface area (Å²) in [5.74, 6) is 1.71. The quantitative estimate of drug-likeness (QED) is 0.815. The van der Waals surface area contributed by atoms with Crippen molar-refractivity contribution in [2.24, 2.45) is 5.92 Å². The molecule has 2 saturated heterocycles. The number of carbonyl (C=O) groups excluding carboxylic acids is 1. The lowest BCUT2D eigenvalue weighted by atomic mass is 9.97. The minimum absolute atomic E-state index is 0.00184. The molecule has 2 aliphatic heterocycles. The summed E-state index contributed by atoms with van der Waals surface area (Å²) in [4.78, 5) is 27.4. The Morgan fingerprint density at radius 2 is 2.08 bits per heavy atom. The van der Waals surface area contributed by atoms with E-state index < -0.39 is 0 Å². The van der Waals surface area contributed by atoms with Crippen molar-refractivity contribution in [3.63, 3.8) is 0 Å². The van der Waals surface area contributed by atoms with Gasteiger partial charge in [0.1, 0.15) is 6.10 Å². The Hall–Kier alpha value is -1.89. The third kappa shape index (κ3) is 3.95. The van der Waals surface area contributed by atoms with Crippen molar-refractivity contribution in [1.29, 1.82) is 0 Å². The van der Waals surface area contributed by atoms with Crippen molar-refractivity contribution < 1.29 is 9.53 Å². The Morgan fingerprint density at radius 1 is 1.25 bits per heavy atom. The van der Waals surface area contributed by atoms with Crippen LogP contribution in [0.5, 0.6) is 5.88 Å². The van der Waals surface area contributed by atoms with Crippen LogP contribution in [0.2, 0.25) is 0 Å². The van der Waals surface area contributed by atoms with E-state index in [4.69, 9.17) is 4.74 Å². The molecule has 0 aliphatic carbocycles. The Kier molecular flexibility index (Phi) is 5.18. The number of aromatic nitrogens is 2. The molecule has 0 spiro atoms. The zero-order valence-electron chi connectivity index (χ0n) is 14.8. The van der Waals surface area contributed by atoms with E-state index in [1.807, 2.05) is 23.9 Å². The normalized spacial score (nSPS) is 24.9. The van der Waals surface area contributed by atoms with E-state index in [1.165, 1.54) is 0 Å². The highest BCUT2D eigenvalue weighted by Crippen LogP contribution is 2.23. The summed E-state index contributed by atoms with van der Waals surface area (Å²) >= 11 is 0. The lowest BCUT2D eigenvalue weighted by Crippen LogP contribution is -2.43. The summed E-state index contributed by atoms with van der Waals surface area (Å²) in [5, 5.41) is 0. The molecule has 7 heteroatoms. The van der Waals surface area contributed by atoms with Gasteiger partial charge in [0.15, 0.2) is 5.82 Å². The molecule has 3 rings (SSSR count). The average molecular weight is 333 g/mol. The van der Waals surface area contributed by atoms with Crippen molar-refractivity contribution in [3.05, 3.63) is 12.4 Å². The Labute approximate surface area is 143 Å². The summed E-state index contributed by atoms with van der Waals surface area (Å²) in [6.45, 7) is 3.38. The van der Waals surface area contributed by atoms with Crippen molar-refractivity contribution in [2.75, 3.05) is 52.2 Å². The van der Waals surface area contributed by atoms with E-state index in [0.717, 1.165) is 44.7 Å². The van der Waals surface area contributed by atoms with Gasteiger partial charge in [-0.05, 0) is 26.4 Å². The predicted molar refractivity (Wildman–Crippen MR) is 92.2 cm³/mol. The molecule has 132 valence electrons. The smallest absolute Gasteiger partial charge is 0.234 e. The molecule has 0 bridgehead atoms. The zero-order chi connectivity index (χ0) is 17.1. The van der Waals surface area contributed by atoms with E-state index in [0.29, 0.717) is 12.4 Å². The van der Waals surface area contributed by atoms with Gasteiger partial charge in [0.25, 0.3) is 0 Å². The number of hydrogen-bond acceptors (Lipinski definition) is 6. The summed E-state index contributed by atoms with van der Waals surface area (Å²) < 4.78 is 5.95. The first-order valence-electron chi connectivity index (χ1n) is 8.66. The van der Waals surface area contributed by atoms with Crippen LogP contribution in [0.3, 0.4) is 0 Å². The first-order valence-corrected chi connectivity index (χ1v) is 8.66. The van der Waals surface area contributed by atoms with Gasteiger partial charge in [0.2, 0.25) is 11.8 Å². The maximum absolute atomic E-state index is 12.7. The number of rotatable bonds is 4. The molecule has 2 aliphatic rings. The second-order valence-electron chi connectivity index (χ2n) is 7.02. The van der Waals surface area contributed by atoms with Crippen LogP contribution in [0.15, 0.2) is 12.4 Å². The standard InChI is InChI=1S/C17H27N5O2/c1-20(2)15-9-18-10-16(19-15)24-14-6-8-22(12-14)17(23)13-5-4-7-21(3)11-13/h9-10,13-14H,4-8,11-12H2,1-3H3. The van der Waals surface area contributed by atoms with Crippen molar-refractivity contribution >= 4 is 11.7 Å². The molecule has 0 N–H and O–H groups in total. The molecular weight excluding hydrogens is 306 g/mol. The lowest BCUT2D eigenvalue weighted by molar-refractivity contribution is -0.136. The molecule has 7 nitrogen and oxygen atoms in total. The van der Waals surface area contributed by atoms with Gasteiger partial charge in [0, 0.05) is 33.6 Å². The lowest BCUT2D eigenvalue weighted by Gasteiger charge is -2.31. The van der Waals surface area contributed by atoms with Crippen molar-refractivity contribution in [1.82, 2.24) is 19.8 Å². The van der Waals surface area contributed by atoms with E-state index >= 15 is 0 Å². The molecule has 0 radical (unpaired) electrons. The highest BCUT2D eigenvalue weighted by atomic mass is 16.5. The van der Waals surface area contributed by atoms with Crippen LogP contribution >= 0.6 is 0 Å². The number of nitrogens with zero attached hydrogens (tertiary/aromatic N) is 5. The van der Waals surface area contributed by atoms with Crippen molar-refractivity contribution in [3.8, 4) is 5.88 Å². The fourth-order valence-corrected chi connectivity index (χ4v) is 3.43. The molecule has 2 fully saturated rings. The van der Waals surface area contributed by atoms with Gasteiger partial charge in [-0.15, -0.1) is 0 Å². The van der Waals surface area contributed by atoms with Gasteiger partial charge >= 0.3 is 0 Å². The number of ether oxygens (including phenoxy) is 1. The number of likely N-dealkylation sites (tertiary alicyclic amines) is 2. The molecule has 2 atom stereocenters. The fraction of sp³-hybridized carbons (Fsp3) is 0.706. The third-order valence-corrected chi connectivity index (χ3v) is 4.78. The Balaban J connectivity index is 1.55. The number of amides is 1. The Bertz CT molecular complexity index is 580. The second kappa shape index (κ2) is 7.34. The topological polar surface area (TPSA) is 61.8 Å². The highest BCUT2D eigenvalue weighted by Gasteiger charge is 2.33. The van der Waals surface area contributed by atoms with Gasteiger partial charge < -0.3 is 19.4 Å². The second-order valence-corrected chi connectivity index (χ2v) is 7.02. The maximum Gasteiger partial charge on any atom is 0.234 e. The molecule has 1 aromatic heterocycles. The average Bonchev–Trinajstić information content (AvgIpc) is 3.03. The largest absolute Gasteiger partial charge is 0.471 e. The first kappa shape index (κ1) is 17.0. The van der Waals surface area contributed by atoms with E-state index in [-0.39, 0.29) is 17.9 Å². The molecule has 0 saturated carbocycles. The number of piperidine rings is 1. The van der Waals surface area contributed by atoms with Crippen LogP contribution in [-0.4, -0.2) is 79.1 Å². The van der Waals surface area contributed by atoms with Crippen LogP contribution in [0.1, 0.15) is 19.3 Å². The number of carbonyl (C=O) groups is 1. The molecule has 2 unspecified atom stereocenters. The summed E-state index contributed by atoms with van der Waals surface area (Å²) in [7, 11) is 5.93. The molecule has 1 amide bonds. The SMILES string of the molecule is CN1CCCC(C(=O)N2CCC(Oc3cncc(N(C)C)n3)C2)C1. The van der Waals surface area contributed by atoms with Gasteiger partial charge in [-0.2, -0.15) is 4.98 Å².